The summed E-state index contributed by atoms with van der Waals surface area (Å²) in [5.41, 5.74) is 0. The van der Waals surface area contributed by atoms with Gasteiger partial charge in [-0.1, -0.05) is 6.92 Å². The van der Waals surface area contributed by atoms with Gasteiger partial charge in [0.2, 0.25) is 0 Å². The number of carbonyl (C=O) groups excluding carboxylic acids is 1. The fourth-order valence-corrected chi connectivity index (χ4v) is 0.118. The molecule has 0 unspecified atom stereocenters. The molecule has 0 aromatic heterocycles. The Hall–Kier alpha value is 1.57. The van der Waals surface area contributed by atoms with E-state index < -0.39 is 0 Å². The smallest absolute Gasteiger partial charge is 1.00 e. The molecule has 4 heteroatoms. The Bertz CT molecular complexity index is 35.2. The molecule has 0 aromatic carbocycles. The van der Waals surface area contributed by atoms with Gasteiger partial charge >= 0.3 is 27.7 Å². The maximum atomic E-state index is 9.40. The van der Waals surface area contributed by atoms with Crippen molar-refractivity contribution in [3.63, 3.8) is 0 Å². The SMILES string of the molecule is CCCC=O.[Br-].[Br-].[Hg+2]. The van der Waals surface area contributed by atoms with Crippen LogP contribution in [0.3, 0.4) is 0 Å². The quantitative estimate of drug-likeness (QED) is 0.316. The van der Waals surface area contributed by atoms with Crippen LogP contribution in [-0.2, 0) is 32.5 Å². The number of halogens is 2. The van der Waals surface area contributed by atoms with Crippen LogP contribution in [0.2, 0.25) is 0 Å². The van der Waals surface area contributed by atoms with Crippen LogP contribution in [0.1, 0.15) is 19.8 Å². The van der Waals surface area contributed by atoms with Crippen LogP contribution in [0.25, 0.3) is 0 Å². The second kappa shape index (κ2) is 23.5. The van der Waals surface area contributed by atoms with Crippen LogP contribution in [0.4, 0.5) is 0 Å². The van der Waals surface area contributed by atoms with Gasteiger partial charge in [0.25, 0.3) is 0 Å². The Labute approximate surface area is 91.7 Å². The van der Waals surface area contributed by atoms with Crippen LogP contribution >= 0.6 is 0 Å². The molecule has 0 aliphatic carbocycles. The van der Waals surface area contributed by atoms with Gasteiger partial charge in [0.05, 0.1) is 0 Å². The molecule has 0 radical (unpaired) electrons. The van der Waals surface area contributed by atoms with Crippen molar-refractivity contribution < 1.29 is 66.4 Å². The van der Waals surface area contributed by atoms with E-state index in [0.29, 0.717) is 6.42 Å². The van der Waals surface area contributed by atoms with Crippen LogP contribution in [0.5, 0.6) is 0 Å². The molecule has 1 nitrogen and oxygen atoms in total. The van der Waals surface area contributed by atoms with Gasteiger partial charge in [0.1, 0.15) is 6.29 Å². The van der Waals surface area contributed by atoms with Gasteiger partial charge in [-0.25, -0.2) is 0 Å². The van der Waals surface area contributed by atoms with Crippen molar-refractivity contribution in [3.8, 4) is 0 Å². The Morgan fingerprint density at radius 3 is 1.75 bits per heavy atom. The molecule has 0 N–H and O–H groups in total. The van der Waals surface area contributed by atoms with Crippen molar-refractivity contribution in [1.29, 1.82) is 0 Å². The summed E-state index contributed by atoms with van der Waals surface area (Å²) in [4.78, 5) is 9.40. The summed E-state index contributed by atoms with van der Waals surface area (Å²) in [6.45, 7) is 1.98. The second-order valence-corrected chi connectivity index (χ2v) is 0.955. The third-order valence-corrected chi connectivity index (χ3v) is 0.407. The fraction of sp³-hybridized carbons (Fsp3) is 0.750. The van der Waals surface area contributed by atoms with Crippen molar-refractivity contribution in [2.75, 3.05) is 0 Å². The predicted octanol–water partition coefficient (Wildman–Crippen LogP) is -5.01. The Kier molecular flexibility index (Phi) is 66.6. The Morgan fingerprint density at radius 2 is 1.75 bits per heavy atom. The Morgan fingerprint density at radius 1 is 1.38 bits per heavy atom. The van der Waals surface area contributed by atoms with Crippen molar-refractivity contribution >= 4 is 6.29 Å². The van der Waals surface area contributed by atoms with Gasteiger partial charge < -0.3 is 38.8 Å². The summed E-state index contributed by atoms with van der Waals surface area (Å²) in [7, 11) is 0. The molecule has 0 aromatic rings. The zero-order chi connectivity index (χ0) is 4.12. The molecule has 0 rings (SSSR count). The van der Waals surface area contributed by atoms with Gasteiger partial charge in [0.15, 0.2) is 0 Å². The van der Waals surface area contributed by atoms with E-state index in [9.17, 15) is 4.79 Å². The first-order valence-electron chi connectivity index (χ1n) is 1.85. The molecule has 0 saturated heterocycles. The van der Waals surface area contributed by atoms with Crippen LogP contribution in [-0.4, -0.2) is 6.29 Å². The largest absolute Gasteiger partial charge is 2.00 e. The molecular weight excluding hydrogens is 424 g/mol. The van der Waals surface area contributed by atoms with E-state index in [2.05, 4.69) is 0 Å². The molecule has 0 aliphatic heterocycles. The monoisotopic (exact) mass is 432 g/mol. The van der Waals surface area contributed by atoms with Crippen molar-refractivity contribution in [2.45, 2.75) is 19.8 Å². The summed E-state index contributed by atoms with van der Waals surface area (Å²) in [5, 5.41) is 0. The molecule has 0 spiro atoms. The summed E-state index contributed by atoms with van der Waals surface area (Å²) in [5.74, 6) is 0. The second-order valence-electron chi connectivity index (χ2n) is 0.955. The third kappa shape index (κ3) is 25.7. The van der Waals surface area contributed by atoms with Crippen molar-refractivity contribution in [2.24, 2.45) is 0 Å². The summed E-state index contributed by atoms with van der Waals surface area (Å²) in [6.07, 6.45) is 2.61. The normalized spacial score (nSPS) is 4.62. The third-order valence-electron chi connectivity index (χ3n) is 0.407. The van der Waals surface area contributed by atoms with Gasteiger partial charge in [-0.2, -0.15) is 0 Å². The molecule has 0 amide bonds. The van der Waals surface area contributed by atoms with Gasteiger partial charge in [-0.15, -0.1) is 0 Å². The number of carbonyl (C=O) groups is 1. The molecule has 0 bridgehead atoms. The van der Waals surface area contributed by atoms with E-state index in [0.717, 1.165) is 12.7 Å². The zero-order valence-corrected chi connectivity index (χ0v) is 13.5. The van der Waals surface area contributed by atoms with Crippen molar-refractivity contribution in [1.82, 2.24) is 0 Å². The van der Waals surface area contributed by atoms with E-state index >= 15 is 0 Å². The number of hydrogen-bond acceptors (Lipinski definition) is 1. The van der Waals surface area contributed by atoms with Gasteiger partial charge in [-0.3, -0.25) is 0 Å². The standard InChI is InChI=1S/C4H8O.2BrH.Hg/c1-2-3-4-5;;;/h4H,2-3H2,1H3;2*1H;/q;;;+2/p-2. The van der Waals surface area contributed by atoms with Crippen LogP contribution < -0.4 is 34.0 Å². The average molecular weight is 433 g/mol. The Balaban J connectivity index is -0.0000000267. The van der Waals surface area contributed by atoms with E-state index in [1.807, 2.05) is 6.92 Å². The first-order chi connectivity index (χ1) is 2.41. The van der Waals surface area contributed by atoms with Crippen molar-refractivity contribution in [3.05, 3.63) is 0 Å². The average Bonchev–Trinajstić information content (AvgIpc) is 1.41. The zero-order valence-electron chi connectivity index (χ0n) is 4.86. The summed E-state index contributed by atoms with van der Waals surface area (Å²) in [6, 6.07) is 0. The van der Waals surface area contributed by atoms with E-state index in [1.54, 1.807) is 0 Å². The molecule has 0 atom stereocenters. The fourth-order valence-electron chi connectivity index (χ4n) is 0.118. The molecular formula is C4H8Br2HgO. The summed E-state index contributed by atoms with van der Waals surface area (Å²) < 4.78 is 0. The number of aldehydes is 1. The number of hydrogen-bond donors (Lipinski definition) is 0. The molecule has 0 heterocycles. The molecule has 8 heavy (non-hydrogen) atoms. The molecule has 0 saturated carbocycles. The maximum Gasteiger partial charge on any atom is 2.00 e. The molecule has 46 valence electrons. The first-order valence-corrected chi connectivity index (χ1v) is 1.85. The van der Waals surface area contributed by atoms with E-state index in [4.69, 9.17) is 0 Å². The van der Waals surface area contributed by atoms with Crippen LogP contribution in [0.15, 0.2) is 0 Å². The van der Waals surface area contributed by atoms with Gasteiger partial charge in [0, 0.05) is 6.42 Å². The van der Waals surface area contributed by atoms with E-state index in [1.165, 1.54) is 0 Å². The molecule has 0 fully saturated rings. The van der Waals surface area contributed by atoms with Gasteiger partial charge in [-0.05, 0) is 6.42 Å². The molecule has 0 aliphatic rings. The predicted molar refractivity (Wildman–Crippen MR) is 21.0 cm³/mol. The topological polar surface area (TPSA) is 17.1 Å². The minimum Gasteiger partial charge on any atom is -1.00 e. The minimum atomic E-state index is 0. The van der Waals surface area contributed by atoms with E-state index in [-0.39, 0.29) is 61.6 Å². The maximum absolute atomic E-state index is 9.40. The summed E-state index contributed by atoms with van der Waals surface area (Å²) >= 11 is 0. The van der Waals surface area contributed by atoms with Crippen LogP contribution in [0, 0.1) is 0 Å². The number of rotatable bonds is 2. The first kappa shape index (κ1) is 22.7. The number of unbranched alkanes of at least 4 members (excludes halogenated alkanes) is 1. The minimum absolute atomic E-state index is 0.